The van der Waals surface area contributed by atoms with E-state index in [9.17, 15) is 4.79 Å². The number of nitrogens with one attached hydrogen (secondary N) is 1. The molecule has 5 nitrogen and oxygen atoms in total. The number of hydrogen-bond acceptors (Lipinski definition) is 5. The first-order chi connectivity index (χ1) is 7.31. The van der Waals surface area contributed by atoms with E-state index >= 15 is 0 Å². The normalized spacial score (nSPS) is 15.0. The van der Waals surface area contributed by atoms with E-state index in [0.717, 1.165) is 5.69 Å². The van der Waals surface area contributed by atoms with Crippen molar-refractivity contribution in [1.29, 1.82) is 0 Å². The lowest BCUT2D eigenvalue weighted by molar-refractivity contribution is -0.132. The second-order valence-electron chi connectivity index (χ2n) is 3.02. The smallest absolute Gasteiger partial charge is 0.355 e. The van der Waals surface area contributed by atoms with Crippen LogP contribution in [-0.2, 0) is 9.53 Å². The minimum atomic E-state index is -0.402. The van der Waals surface area contributed by atoms with Gasteiger partial charge in [-0.2, -0.15) is 10.2 Å². The van der Waals surface area contributed by atoms with E-state index < -0.39 is 5.97 Å². The summed E-state index contributed by atoms with van der Waals surface area (Å²) in [6.07, 6.45) is 0. The highest BCUT2D eigenvalue weighted by Crippen LogP contribution is 2.13. The van der Waals surface area contributed by atoms with E-state index in [2.05, 4.69) is 15.3 Å². The van der Waals surface area contributed by atoms with Gasteiger partial charge in [0.2, 0.25) is 0 Å². The molecular formula is C10H11N3O2. The van der Waals surface area contributed by atoms with Crippen LogP contribution in [0, 0.1) is 0 Å². The van der Waals surface area contributed by atoms with E-state index in [1.165, 1.54) is 7.11 Å². The van der Waals surface area contributed by atoms with Gasteiger partial charge in [-0.25, -0.2) is 10.2 Å². The summed E-state index contributed by atoms with van der Waals surface area (Å²) in [7, 11) is 1.34. The Bertz CT molecular complexity index is 389. The second-order valence-corrected chi connectivity index (χ2v) is 3.02. The molecule has 2 rings (SSSR count). The molecule has 15 heavy (non-hydrogen) atoms. The molecule has 1 aliphatic heterocycles. The van der Waals surface area contributed by atoms with Crippen LogP contribution >= 0.6 is 0 Å². The summed E-state index contributed by atoms with van der Waals surface area (Å²) in [4.78, 5) is 11.2. The topological polar surface area (TPSA) is 53.9 Å². The Morgan fingerprint density at radius 2 is 2.20 bits per heavy atom. The van der Waals surface area contributed by atoms with Gasteiger partial charge in [0.05, 0.1) is 19.3 Å². The van der Waals surface area contributed by atoms with Crippen LogP contribution < -0.4 is 10.5 Å². The first kappa shape index (κ1) is 9.67. The van der Waals surface area contributed by atoms with Crippen LogP contribution in [0.5, 0.6) is 0 Å². The zero-order valence-electron chi connectivity index (χ0n) is 8.30. The van der Waals surface area contributed by atoms with Crippen molar-refractivity contribution in [3.63, 3.8) is 0 Å². The number of benzene rings is 1. The summed E-state index contributed by atoms with van der Waals surface area (Å²) >= 11 is 0. The van der Waals surface area contributed by atoms with Crippen LogP contribution in [0.4, 0.5) is 5.69 Å². The number of methoxy groups -OCH3 is 1. The summed E-state index contributed by atoms with van der Waals surface area (Å²) in [5, 5.41) is 5.66. The third kappa shape index (κ3) is 1.97. The van der Waals surface area contributed by atoms with Crippen LogP contribution in [0.15, 0.2) is 35.4 Å². The molecule has 0 aromatic heterocycles. The number of anilines is 1. The van der Waals surface area contributed by atoms with E-state index in [-0.39, 0.29) is 0 Å². The van der Waals surface area contributed by atoms with E-state index in [1.807, 2.05) is 30.3 Å². The van der Waals surface area contributed by atoms with Crippen LogP contribution in [0.25, 0.3) is 0 Å². The Kier molecular flexibility index (Phi) is 2.64. The molecule has 0 radical (unpaired) electrons. The molecule has 0 bridgehead atoms. The largest absolute Gasteiger partial charge is 0.464 e. The van der Waals surface area contributed by atoms with Gasteiger partial charge in [-0.3, -0.25) is 0 Å². The van der Waals surface area contributed by atoms with Crippen LogP contribution in [0.2, 0.25) is 0 Å². The number of nitrogens with zero attached hydrogens (tertiary/aromatic N) is 2. The maximum atomic E-state index is 11.2. The van der Waals surface area contributed by atoms with Crippen LogP contribution in [0.1, 0.15) is 0 Å². The lowest BCUT2D eigenvalue weighted by Crippen LogP contribution is -2.29. The molecule has 78 valence electrons. The first-order valence-corrected chi connectivity index (χ1v) is 4.56. The van der Waals surface area contributed by atoms with Gasteiger partial charge in [0.1, 0.15) is 0 Å². The minimum absolute atomic E-state index is 0.376. The molecule has 0 fully saturated rings. The first-order valence-electron chi connectivity index (χ1n) is 4.56. The molecule has 0 atom stereocenters. The predicted octanol–water partition coefficient (Wildman–Crippen LogP) is 0.540. The zero-order chi connectivity index (χ0) is 10.7. The number of hydrogen-bond donors (Lipinski definition) is 1. The van der Waals surface area contributed by atoms with Gasteiger partial charge in [-0.05, 0) is 12.1 Å². The van der Waals surface area contributed by atoms with Crippen molar-refractivity contribution in [2.75, 3.05) is 18.8 Å². The number of hydrazone groups is 1. The maximum absolute atomic E-state index is 11.2. The van der Waals surface area contributed by atoms with Gasteiger partial charge in [-0.15, -0.1) is 0 Å². The fraction of sp³-hybridized carbons (Fsp3) is 0.200. The van der Waals surface area contributed by atoms with Crippen molar-refractivity contribution in [3.8, 4) is 0 Å². The molecule has 0 aliphatic carbocycles. The van der Waals surface area contributed by atoms with Gasteiger partial charge in [0.15, 0.2) is 5.71 Å². The summed E-state index contributed by atoms with van der Waals surface area (Å²) in [6.45, 7) is 0.390. The van der Waals surface area contributed by atoms with Crippen molar-refractivity contribution >= 4 is 17.4 Å². The predicted molar refractivity (Wildman–Crippen MR) is 56.4 cm³/mol. The second kappa shape index (κ2) is 4.10. The van der Waals surface area contributed by atoms with Crippen molar-refractivity contribution in [2.24, 2.45) is 5.10 Å². The van der Waals surface area contributed by atoms with Crippen molar-refractivity contribution in [1.82, 2.24) is 5.43 Å². The van der Waals surface area contributed by atoms with Crippen molar-refractivity contribution in [3.05, 3.63) is 30.3 Å². The molecule has 0 saturated heterocycles. The average molecular weight is 205 g/mol. The molecule has 0 unspecified atom stereocenters. The number of carbonyl (C=O) groups is 1. The number of para-hydroxylation sites is 1. The molecule has 5 heteroatoms. The Hall–Kier alpha value is -1.88. The molecule has 1 aliphatic rings. The standard InChI is InChI=1S/C10H11N3O2/c1-15-10(14)9-7-11-13(12-9)8-5-3-2-4-6-8/h2-6,11H,7H2,1H3. The quantitative estimate of drug-likeness (QED) is 0.716. The Morgan fingerprint density at radius 3 is 2.87 bits per heavy atom. The highest BCUT2D eigenvalue weighted by molar-refractivity contribution is 6.38. The molecule has 1 aromatic carbocycles. The van der Waals surface area contributed by atoms with Crippen molar-refractivity contribution in [2.45, 2.75) is 0 Å². The number of ether oxygens (including phenoxy) is 1. The van der Waals surface area contributed by atoms with Crippen LogP contribution in [-0.4, -0.2) is 25.3 Å². The molecule has 0 saturated carbocycles. The third-order valence-electron chi connectivity index (χ3n) is 2.04. The molecule has 1 N–H and O–H groups in total. The van der Waals surface area contributed by atoms with Crippen LogP contribution in [0.3, 0.4) is 0 Å². The van der Waals surface area contributed by atoms with E-state index in [4.69, 9.17) is 0 Å². The summed E-state index contributed by atoms with van der Waals surface area (Å²) in [5.74, 6) is -0.402. The molecule has 1 aromatic rings. The number of hydrazine groups is 1. The number of rotatable bonds is 2. The Morgan fingerprint density at radius 1 is 1.47 bits per heavy atom. The molecule has 0 amide bonds. The van der Waals surface area contributed by atoms with Gasteiger partial charge < -0.3 is 4.74 Å². The van der Waals surface area contributed by atoms with E-state index in [1.54, 1.807) is 5.12 Å². The summed E-state index contributed by atoms with van der Waals surface area (Å²) < 4.78 is 4.58. The lowest BCUT2D eigenvalue weighted by Gasteiger charge is -2.12. The molecule has 0 spiro atoms. The van der Waals surface area contributed by atoms with Gasteiger partial charge in [0.25, 0.3) is 0 Å². The fourth-order valence-electron chi connectivity index (χ4n) is 1.29. The maximum Gasteiger partial charge on any atom is 0.355 e. The molecular weight excluding hydrogens is 194 g/mol. The van der Waals surface area contributed by atoms with Gasteiger partial charge in [0, 0.05) is 0 Å². The number of esters is 1. The van der Waals surface area contributed by atoms with E-state index in [0.29, 0.717) is 12.3 Å². The highest BCUT2D eigenvalue weighted by Gasteiger charge is 2.21. The fourth-order valence-corrected chi connectivity index (χ4v) is 1.29. The summed E-state index contributed by atoms with van der Waals surface area (Å²) in [5.41, 5.74) is 4.23. The lowest BCUT2D eigenvalue weighted by atomic mass is 10.3. The minimum Gasteiger partial charge on any atom is -0.464 e. The monoisotopic (exact) mass is 205 g/mol. The van der Waals surface area contributed by atoms with Gasteiger partial charge >= 0.3 is 5.97 Å². The van der Waals surface area contributed by atoms with Crippen molar-refractivity contribution < 1.29 is 9.53 Å². The molecule has 1 heterocycles. The Balaban J connectivity index is 2.16. The number of carbonyl (C=O) groups excluding carboxylic acids is 1. The summed E-state index contributed by atoms with van der Waals surface area (Å²) in [6, 6.07) is 9.53. The average Bonchev–Trinajstić information content (AvgIpc) is 2.78. The Labute approximate surface area is 87.3 Å². The van der Waals surface area contributed by atoms with Gasteiger partial charge in [-0.1, -0.05) is 18.2 Å². The zero-order valence-corrected chi connectivity index (χ0v) is 8.30. The highest BCUT2D eigenvalue weighted by atomic mass is 16.5. The third-order valence-corrected chi connectivity index (χ3v) is 2.04. The SMILES string of the molecule is COC(=O)C1=NN(c2ccccc2)NC1.